The van der Waals surface area contributed by atoms with Gasteiger partial charge in [-0.15, -0.1) is 0 Å². The summed E-state index contributed by atoms with van der Waals surface area (Å²) >= 11 is 0. The third kappa shape index (κ3) is 2.81. The van der Waals surface area contributed by atoms with Gasteiger partial charge in [0.25, 0.3) is 0 Å². The fourth-order valence-electron chi connectivity index (χ4n) is 2.59. The third-order valence-electron chi connectivity index (χ3n) is 4.26. The Bertz CT molecular complexity index is 442. The summed E-state index contributed by atoms with van der Waals surface area (Å²) in [6.07, 6.45) is 0. The van der Waals surface area contributed by atoms with Gasteiger partial charge in [0.1, 0.15) is 0 Å². The number of hydrogen-bond acceptors (Lipinski definition) is 2. The Labute approximate surface area is 110 Å². The molecule has 0 bridgehead atoms. The Balaban J connectivity index is 2.02. The van der Waals surface area contributed by atoms with Crippen molar-refractivity contribution in [2.24, 2.45) is 11.8 Å². The Kier molecular flexibility index (Phi) is 3.86. The summed E-state index contributed by atoms with van der Waals surface area (Å²) < 4.78 is 0. The Morgan fingerprint density at radius 2 is 1.78 bits per heavy atom. The van der Waals surface area contributed by atoms with Crippen molar-refractivity contribution in [2.45, 2.75) is 27.7 Å². The lowest BCUT2D eigenvalue weighted by atomic mass is 10.0. The quantitative estimate of drug-likeness (QED) is 0.763. The largest absolute Gasteiger partial charge is 0.295 e. The van der Waals surface area contributed by atoms with Crippen molar-refractivity contribution in [3.63, 3.8) is 0 Å². The second kappa shape index (κ2) is 5.23. The lowest BCUT2D eigenvalue weighted by Crippen LogP contribution is -2.28. The standard InChI is InChI=1S/C16H23NO/c1-11-5-6-15(7-12(11)2)16(18)10-17-8-13(3)14(4)9-17/h5-7,13-14H,8-10H2,1-4H3. The fraction of sp³-hybridized carbons (Fsp3) is 0.562. The Hall–Kier alpha value is -1.15. The van der Waals surface area contributed by atoms with E-state index in [0.717, 1.165) is 18.7 Å². The molecule has 0 N–H and O–H groups in total. The highest BCUT2D eigenvalue weighted by molar-refractivity contribution is 5.97. The zero-order valence-corrected chi connectivity index (χ0v) is 11.9. The Morgan fingerprint density at radius 3 is 2.33 bits per heavy atom. The van der Waals surface area contributed by atoms with Crippen LogP contribution in [-0.4, -0.2) is 30.3 Å². The smallest absolute Gasteiger partial charge is 0.176 e. The molecule has 1 aromatic rings. The summed E-state index contributed by atoms with van der Waals surface area (Å²) in [5.41, 5.74) is 3.30. The topological polar surface area (TPSA) is 20.3 Å². The van der Waals surface area contributed by atoms with E-state index in [4.69, 9.17) is 0 Å². The number of carbonyl (C=O) groups is 1. The van der Waals surface area contributed by atoms with Crippen molar-refractivity contribution in [3.05, 3.63) is 34.9 Å². The number of ketones is 1. The molecule has 2 nitrogen and oxygen atoms in total. The van der Waals surface area contributed by atoms with Crippen LogP contribution in [0.25, 0.3) is 0 Å². The maximum atomic E-state index is 12.2. The number of carbonyl (C=O) groups excluding carboxylic acids is 1. The van der Waals surface area contributed by atoms with Gasteiger partial charge >= 0.3 is 0 Å². The molecule has 0 spiro atoms. The molecule has 2 unspecified atom stereocenters. The number of benzene rings is 1. The van der Waals surface area contributed by atoms with E-state index in [0.29, 0.717) is 18.4 Å². The van der Waals surface area contributed by atoms with E-state index in [1.165, 1.54) is 11.1 Å². The van der Waals surface area contributed by atoms with Gasteiger partial charge in [-0.05, 0) is 42.9 Å². The molecule has 98 valence electrons. The predicted octanol–water partition coefficient (Wildman–Crippen LogP) is 3.07. The van der Waals surface area contributed by atoms with Crippen LogP contribution >= 0.6 is 0 Å². The zero-order valence-electron chi connectivity index (χ0n) is 11.9. The lowest BCUT2D eigenvalue weighted by molar-refractivity contribution is 0.0942. The summed E-state index contributed by atoms with van der Waals surface area (Å²) in [5.74, 6) is 1.66. The van der Waals surface area contributed by atoms with Crippen LogP contribution in [0.3, 0.4) is 0 Å². The first-order valence-electron chi connectivity index (χ1n) is 6.80. The van der Waals surface area contributed by atoms with Gasteiger partial charge in [0, 0.05) is 18.7 Å². The fourth-order valence-corrected chi connectivity index (χ4v) is 2.59. The molecule has 1 saturated heterocycles. The number of nitrogens with zero attached hydrogens (tertiary/aromatic N) is 1. The molecule has 1 aromatic carbocycles. The molecular weight excluding hydrogens is 222 g/mol. The summed E-state index contributed by atoms with van der Waals surface area (Å²) in [6, 6.07) is 6.01. The molecule has 2 atom stereocenters. The second-order valence-corrected chi connectivity index (χ2v) is 5.87. The van der Waals surface area contributed by atoms with Gasteiger partial charge in [0.05, 0.1) is 6.54 Å². The first-order chi connectivity index (χ1) is 8.47. The maximum absolute atomic E-state index is 12.2. The lowest BCUT2D eigenvalue weighted by Gasteiger charge is -2.14. The molecule has 0 radical (unpaired) electrons. The molecule has 2 heteroatoms. The van der Waals surface area contributed by atoms with E-state index < -0.39 is 0 Å². The Morgan fingerprint density at radius 1 is 1.17 bits per heavy atom. The zero-order chi connectivity index (χ0) is 13.3. The van der Waals surface area contributed by atoms with Crippen molar-refractivity contribution in [1.29, 1.82) is 0 Å². The van der Waals surface area contributed by atoms with Crippen molar-refractivity contribution in [1.82, 2.24) is 4.90 Å². The van der Waals surface area contributed by atoms with E-state index >= 15 is 0 Å². The van der Waals surface area contributed by atoms with Crippen LogP contribution in [0.1, 0.15) is 35.3 Å². The summed E-state index contributed by atoms with van der Waals surface area (Å²) in [7, 11) is 0. The molecule has 2 rings (SSSR count). The van der Waals surface area contributed by atoms with Gasteiger partial charge in [0.15, 0.2) is 5.78 Å². The summed E-state index contributed by atoms with van der Waals surface area (Å²) in [4.78, 5) is 14.5. The monoisotopic (exact) mass is 245 g/mol. The minimum Gasteiger partial charge on any atom is -0.295 e. The minimum absolute atomic E-state index is 0.249. The van der Waals surface area contributed by atoms with Gasteiger partial charge in [0.2, 0.25) is 0 Å². The van der Waals surface area contributed by atoms with Crippen LogP contribution in [0, 0.1) is 25.7 Å². The maximum Gasteiger partial charge on any atom is 0.176 e. The molecule has 1 aliphatic rings. The van der Waals surface area contributed by atoms with Gasteiger partial charge in [-0.1, -0.05) is 26.0 Å². The molecule has 0 aliphatic carbocycles. The third-order valence-corrected chi connectivity index (χ3v) is 4.26. The minimum atomic E-state index is 0.249. The van der Waals surface area contributed by atoms with E-state index in [2.05, 4.69) is 32.6 Å². The molecule has 1 heterocycles. The average Bonchev–Trinajstić information content (AvgIpc) is 2.61. The van der Waals surface area contributed by atoms with Crippen molar-refractivity contribution in [2.75, 3.05) is 19.6 Å². The molecule has 0 aromatic heterocycles. The second-order valence-electron chi connectivity index (χ2n) is 5.87. The molecular formula is C16H23NO. The molecule has 0 amide bonds. The summed E-state index contributed by atoms with van der Waals surface area (Å²) in [6.45, 7) is 11.3. The normalized spacial score (nSPS) is 24.4. The molecule has 18 heavy (non-hydrogen) atoms. The van der Waals surface area contributed by atoms with E-state index in [-0.39, 0.29) is 5.78 Å². The molecule has 1 aliphatic heterocycles. The number of rotatable bonds is 3. The highest BCUT2D eigenvalue weighted by Crippen LogP contribution is 2.22. The number of hydrogen-bond donors (Lipinski definition) is 0. The van der Waals surface area contributed by atoms with Gasteiger partial charge in [-0.3, -0.25) is 9.69 Å². The van der Waals surface area contributed by atoms with Crippen LogP contribution in [0.4, 0.5) is 0 Å². The average molecular weight is 245 g/mol. The van der Waals surface area contributed by atoms with Crippen LogP contribution in [0.5, 0.6) is 0 Å². The predicted molar refractivity (Wildman–Crippen MR) is 75.0 cm³/mol. The van der Waals surface area contributed by atoms with Crippen molar-refractivity contribution < 1.29 is 4.79 Å². The van der Waals surface area contributed by atoms with Gasteiger partial charge in [-0.25, -0.2) is 0 Å². The van der Waals surface area contributed by atoms with Crippen LogP contribution in [-0.2, 0) is 0 Å². The first kappa shape index (κ1) is 13.3. The summed E-state index contributed by atoms with van der Waals surface area (Å²) in [5, 5.41) is 0. The highest BCUT2D eigenvalue weighted by atomic mass is 16.1. The van der Waals surface area contributed by atoms with Crippen LogP contribution < -0.4 is 0 Å². The van der Waals surface area contributed by atoms with Crippen molar-refractivity contribution in [3.8, 4) is 0 Å². The number of aryl methyl sites for hydroxylation is 2. The van der Waals surface area contributed by atoms with E-state index in [9.17, 15) is 4.79 Å². The SMILES string of the molecule is Cc1ccc(C(=O)CN2CC(C)C(C)C2)cc1C. The van der Waals surface area contributed by atoms with Crippen LogP contribution in [0.15, 0.2) is 18.2 Å². The van der Waals surface area contributed by atoms with Crippen molar-refractivity contribution >= 4 is 5.78 Å². The van der Waals surface area contributed by atoms with Crippen LogP contribution in [0.2, 0.25) is 0 Å². The molecule has 0 saturated carbocycles. The van der Waals surface area contributed by atoms with Gasteiger partial charge in [-0.2, -0.15) is 0 Å². The van der Waals surface area contributed by atoms with E-state index in [1.54, 1.807) is 0 Å². The van der Waals surface area contributed by atoms with Gasteiger partial charge < -0.3 is 0 Å². The highest BCUT2D eigenvalue weighted by Gasteiger charge is 2.27. The number of likely N-dealkylation sites (tertiary alicyclic amines) is 1. The molecule has 1 fully saturated rings. The first-order valence-corrected chi connectivity index (χ1v) is 6.80. The number of Topliss-reactive ketones (excluding diaryl/α,β-unsaturated/α-hetero) is 1. The van der Waals surface area contributed by atoms with E-state index in [1.807, 2.05) is 18.2 Å².